The lowest BCUT2D eigenvalue weighted by atomic mass is 9.91. The molecule has 11 heteroatoms. The average molecular weight is 471 g/mol. The van der Waals surface area contributed by atoms with Crippen molar-refractivity contribution in [2.24, 2.45) is 7.05 Å². The van der Waals surface area contributed by atoms with Crippen LogP contribution in [0.3, 0.4) is 0 Å². The lowest BCUT2D eigenvalue weighted by Gasteiger charge is -2.20. The summed E-state index contributed by atoms with van der Waals surface area (Å²) in [6.07, 6.45) is -4.92. The van der Waals surface area contributed by atoms with E-state index in [1.165, 1.54) is 13.2 Å². The van der Waals surface area contributed by atoms with Crippen LogP contribution in [0.4, 0.5) is 26.3 Å². The monoisotopic (exact) mass is 471 g/mol. The molecule has 0 saturated heterocycles. The van der Waals surface area contributed by atoms with Crippen molar-refractivity contribution in [1.82, 2.24) is 14.3 Å². The maximum absolute atomic E-state index is 14.6. The molecule has 176 valence electrons. The fourth-order valence-corrected chi connectivity index (χ4v) is 4.07. The summed E-state index contributed by atoms with van der Waals surface area (Å²) < 4.78 is 84.4. The number of pyridine rings is 1. The van der Waals surface area contributed by atoms with Crippen LogP contribution >= 0.6 is 0 Å². The smallest absolute Gasteiger partial charge is 0.274 e. The van der Waals surface area contributed by atoms with E-state index >= 15 is 0 Å². The SMILES string of the molecule is Cn1nc(C[C@@H](c2cccc(C(F)F)c2F)C(F)F)c2cn(C3(CF)CC3)c(=O)cc2c1=O. The van der Waals surface area contributed by atoms with Crippen molar-refractivity contribution in [3.63, 3.8) is 0 Å². The van der Waals surface area contributed by atoms with Crippen LogP contribution in [0.2, 0.25) is 0 Å². The van der Waals surface area contributed by atoms with E-state index in [-0.39, 0.29) is 16.5 Å². The summed E-state index contributed by atoms with van der Waals surface area (Å²) in [5.74, 6) is -3.29. The van der Waals surface area contributed by atoms with E-state index in [1.807, 2.05) is 0 Å². The molecule has 4 rings (SSSR count). The zero-order chi connectivity index (χ0) is 24.1. The van der Waals surface area contributed by atoms with Crippen molar-refractivity contribution in [1.29, 1.82) is 0 Å². The van der Waals surface area contributed by atoms with Gasteiger partial charge in [0.2, 0.25) is 6.43 Å². The van der Waals surface area contributed by atoms with Gasteiger partial charge in [-0.25, -0.2) is 31.0 Å². The third-order valence-corrected chi connectivity index (χ3v) is 6.16. The summed E-state index contributed by atoms with van der Waals surface area (Å²) in [6.45, 7) is -0.822. The molecule has 2 heterocycles. The van der Waals surface area contributed by atoms with Crippen LogP contribution in [0.1, 0.15) is 42.0 Å². The Morgan fingerprint density at radius 3 is 2.33 bits per heavy atom. The Morgan fingerprint density at radius 1 is 1.09 bits per heavy atom. The second-order valence-corrected chi connectivity index (χ2v) is 8.24. The molecule has 1 aliphatic rings. The van der Waals surface area contributed by atoms with E-state index in [1.54, 1.807) is 0 Å². The highest BCUT2D eigenvalue weighted by Gasteiger charge is 2.45. The summed E-state index contributed by atoms with van der Waals surface area (Å²) in [6, 6.07) is 3.89. The van der Waals surface area contributed by atoms with Crippen molar-refractivity contribution < 1.29 is 26.3 Å². The summed E-state index contributed by atoms with van der Waals surface area (Å²) in [4.78, 5) is 25.1. The Morgan fingerprint density at radius 2 is 1.76 bits per heavy atom. The maximum atomic E-state index is 14.6. The van der Waals surface area contributed by atoms with Crippen LogP contribution in [0.15, 0.2) is 40.1 Å². The van der Waals surface area contributed by atoms with Gasteiger partial charge in [0.1, 0.15) is 12.5 Å². The van der Waals surface area contributed by atoms with Gasteiger partial charge in [0.15, 0.2) is 0 Å². The molecule has 33 heavy (non-hydrogen) atoms. The van der Waals surface area contributed by atoms with Gasteiger partial charge in [0.05, 0.1) is 28.1 Å². The fourth-order valence-electron chi connectivity index (χ4n) is 4.07. The van der Waals surface area contributed by atoms with E-state index in [0.717, 1.165) is 33.5 Å². The number of alkyl halides is 5. The van der Waals surface area contributed by atoms with Crippen molar-refractivity contribution in [2.75, 3.05) is 6.67 Å². The van der Waals surface area contributed by atoms with Crippen LogP contribution in [-0.4, -0.2) is 27.4 Å². The van der Waals surface area contributed by atoms with Gasteiger partial charge in [-0.3, -0.25) is 9.59 Å². The molecular formula is C22H19F6N3O2. The first-order chi connectivity index (χ1) is 15.6. The number of hydrogen-bond donors (Lipinski definition) is 0. The first-order valence-electron chi connectivity index (χ1n) is 10.1. The second kappa shape index (κ2) is 8.35. The summed E-state index contributed by atoms with van der Waals surface area (Å²) in [5, 5.41) is 3.97. The molecular weight excluding hydrogens is 452 g/mol. The van der Waals surface area contributed by atoms with Gasteiger partial charge in [0, 0.05) is 31.1 Å². The first kappa shape index (κ1) is 23.1. The molecule has 0 aliphatic heterocycles. The van der Waals surface area contributed by atoms with Crippen molar-refractivity contribution in [3.05, 3.63) is 73.8 Å². The maximum Gasteiger partial charge on any atom is 0.274 e. The predicted octanol–water partition coefficient (Wildman–Crippen LogP) is 4.22. The van der Waals surface area contributed by atoms with E-state index in [4.69, 9.17) is 0 Å². The topological polar surface area (TPSA) is 56.9 Å². The van der Waals surface area contributed by atoms with Crippen molar-refractivity contribution >= 4 is 10.8 Å². The van der Waals surface area contributed by atoms with Crippen molar-refractivity contribution in [2.45, 2.75) is 43.6 Å². The van der Waals surface area contributed by atoms with Gasteiger partial charge in [-0.15, -0.1) is 0 Å². The molecule has 1 aromatic carbocycles. The minimum Gasteiger partial charge on any atom is -0.306 e. The number of fused-ring (bicyclic) bond motifs is 1. The minimum atomic E-state index is -3.19. The number of aryl methyl sites for hydroxylation is 1. The molecule has 0 spiro atoms. The number of nitrogens with zero attached hydrogens (tertiary/aromatic N) is 3. The first-order valence-corrected chi connectivity index (χ1v) is 10.1. The lowest BCUT2D eigenvalue weighted by molar-refractivity contribution is 0.110. The molecule has 0 N–H and O–H groups in total. The van der Waals surface area contributed by atoms with E-state index in [2.05, 4.69) is 5.10 Å². The molecule has 1 aliphatic carbocycles. The summed E-state index contributed by atoms with van der Waals surface area (Å²) in [5.41, 5.74) is -4.01. The third-order valence-electron chi connectivity index (χ3n) is 6.16. The van der Waals surface area contributed by atoms with Crippen LogP contribution in [0.5, 0.6) is 0 Å². The highest BCUT2D eigenvalue weighted by atomic mass is 19.3. The Balaban J connectivity index is 1.89. The van der Waals surface area contributed by atoms with Gasteiger partial charge in [0.25, 0.3) is 17.5 Å². The lowest BCUT2D eigenvalue weighted by Crippen LogP contribution is -2.33. The van der Waals surface area contributed by atoms with Crippen LogP contribution in [-0.2, 0) is 19.0 Å². The Kier molecular flexibility index (Phi) is 5.83. The van der Waals surface area contributed by atoms with Gasteiger partial charge < -0.3 is 4.57 Å². The minimum absolute atomic E-state index is 0.0495. The van der Waals surface area contributed by atoms with Crippen LogP contribution in [0.25, 0.3) is 10.8 Å². The Bertz CT molecular complexity index is 1330. The van der Waals surface area contributed by atoms with Gasteiger partial charge in [-0.2, -0.15) is 5.10 Å². The normalized spacial score (nSPS) is 16.0. The van der Waals surface area contributed by atoms with Gasteiger partial charge >= 0.3 is 0 Å². The quantitative estimate of drug-likeness (QED) is 0.485. The number of rotatable bonds is 7. The number of aromatic nitrogens is 3. The zero-order valence-electron chi connectivity index (χ0n) is 17.4. The molecule has 2 aromatic heterocycles. The molecule has 0 unspecified atom stereocenters. The highest BCUT2D eigenvalue weighted by Crippen LogP contribution is 2.43. The molecule has 1 atom stereocenters. The molecule has 0 radical (unpaired) electrons. The Hall–Kier alpha value is -3.11. The number of benzene rings is 1. The largest absolute Gasteiger partial charge is 0.306 e. The van der Waals surface area contributed by atoms with Gasteiger partial charge in [-0.1, -0.05) is 18.2 Å². The summed E-state index contributed by atoms with van der Waals surface area (Å²) in [7, 11) is 1.26. The predicted molar refractivity (Wildman–Crippen MR) is 108 cm³/mol. The highest BCUT2D eigenvalue weighted by molar-refractivity contribution is 5.82. The molecule has 1 saturated carbocycles. The molecule has 0 bridgehead atoms. The molecule has 5 nitrogen and oxygen atoms in total. The Labute approximate surface area is 183 Å². The number of hydrogen-bond acceptors (Lipinski definition) is 3. The number of halogens is 6. The van der Waals surface area contributed by atoms with Gasteiger partial charge in [-0.05, 0) is 18.4 Å². The second-order valence-electron chi connectivity index (χ2n) is 8.24. The van der Waals surface area contributed by atoms with Crippen LogP contribution in [0, 0.1) is 5.82 Å². The van der Waals surface area contributed by atoms with Crippen LogP contribution < -0.4 is 11.1 Å². The van der Waals surface area contributed by atoms with Crippen molar-refractivity contribution in [3.8, 4) is 0 Å². The molecule has 0 amide bonds. The standard InChI is InChI=1S/C22H19F6N3O2/c1-30-21(33)14-8-17(32)31(22(10-23)5-6-22)9-15(14)16(29-30)7-13(20(27)28)11-3-2-4-12(18(11)24)19(25)26/h2-4,8-9,13,19-20H,5-7,10H2,1H3/t13-/m0/s1. The zero-order valence-corrected chi connectivity index (χ0v) is 17.4. The van der Waals surface area contributed by atoms with E-state index in [9.17, 15) is 35.9 Å². The third kappa shape index (κ3) is 3.93. The average Bonchev–Trinajstić information content (AvgIpc) is 3.56. The van der Waals surface area contributed by atoms with E-state index < -0.39 is 65.5 Å². The van der Waals surface area contributed by atoms with E-state index in [0.29, 0.717) is 12.8 Å². The molecule has 3 aromatic rings. The molecule has 1 fully saturated rings. The fraction of sp³-hybridized carbons (Fsp3) is 0.409. The summed E-state index contributed by atoms with van der Waals surface area (Å²) >= 11 is 0.